The van der Waals surface area contributed by atoms with Gasteiger partial charge in [0, 0.05) is 30.8 Å². The lowest BCUT2D eigenvalue weighted by molar-refractivity contribution is -0.129. The third kappa shape index (κ3) is 3.79. The molecule has 3 N–H and O–H groups in total. The van der Waals surface area contributed by atoms with E-state index in [0.717, 1.165) is 28.7 Å². The van der Waals surface area contributed by atoms with E-state index in [4.69, 9.17) is 10.4 Å². The van der Waals surface area contributed by atoms with Crippen LogP contribution in [0.1, 0.15) is 35.0 Å². The standard InChI is InChI=1S/C24H25N5O3/c25-28(15-16-5-2-1-3-6-16)10-9-21-26-24(27-32-21)19-8-4-7-18-20(19)13-17-14-22(31)29(11-12-30)23(17)18/h1-10,17,23,30H,11-15,25H2/b10-9+/t17-,23+/m1/s1. The van der Waals surface area contributed by atoms with Crippen molar-refractivity contribution in [1.82, 2.24) is 20.0 Å². The largest absolute Gasteiger partial charge is 0.395 e. The van der Waals surface area contributed by atoms with E-state index in [1.165, 1.54) is 0 Å². The number of carbonyl (C=O) groups is 1. The number of amides is 1. The van der Waals surface area contributed by atoms with Crippen molar-refractivity contribution in [2.75, 3.05) is 13.2 Å². The number of hydrogen-bond donors (Lipinski definition) is 2. The molecule has 164 valence electrons. The van der Waals surface area contributed by atoms with Crippen LogP contribution < -0.4 is 5.84 Å². The molecule has 0 radical (unpaired) electrons. The maximum Gasteiger partial charge on any atom is 0.252 e. The van der Waals surface area contributed by atoms with Crippen LogP contribution in [0.25, 0.3) is 17.5 Å². The van der Waals surface area contributed by atoms with Gasteiger partial charge in [-0.05, 0) is 29.0 Å². The molecule has 1 amide bonds. The molecule has 5 rings (SSSR count). The molecule has 3 aromatic rings. The third-order valence-corrected chi connectivity index (χ3v) is 6.18. The SMILES string of the molecule is NN(/C=C/c1nc(-c2cccc3c2C[C@@H]2CC(=O)N(CCO)[C@H]32)no1)Cc1ccccc1. The smallest absolute Gasteiger partial charge is 0.252 e. The van der Waals surface area contributed by atoms with Gasteiger partial charge in [-0.3, -0.25) is 4.79 Å². The van der Waals surface area contributed by atoms with Gasteiger partial charge in [-0.25, -0.2) is 5.84 Å². The fourth-order valence-electron chi connectivity index (χ4n) is 4.84. The van der Waals surface area contributed by atoms with Crippen LogP contribution in [0.4, 0.5) is 0 Å². The Balaban J connectivity index is 1.35. The molecule has 32 heavy (non-hydrogen) atoms. The van der Waals surface area contributed by atoms with E-state index in [-0.39, 0.29) is 24.5 Å². The van der Waals surface area contributed by atoms with Crippen molar-refractivity contribution < 1.29 is 14.4 Å². The first-order valence-electron chi connectivity index (χ1n) is 10.7. The predicted molar refractivity (Wildman–Crippen MR) is 118 cm³/mol. The van der Waals surface area contributed by atoms with Crippen LogP contribution in [0.15, 0.2) is 59.3 Å². The van der Waals surface area contributed by atoms with Crippen LogP contribution >= 0.6 is 0 Å². The first kappa shape index (κ1) is 20.4. The van der Waals surface area contributed by atoms with Gasteiger partial charge in [-0.15, -0.1) is 0 Å². The first-order chi connectivity index (χ1) is 15.6. The van der Waals surface area contributed by atoms with Crippen molar-refractivity contribution >= 4 is 12.0 Å². The van der Waals surface area contributed by atoms with Gasteiger partial charge in [0.1, 0.15) is 0 Å². The molecule has 2 atom stereocenters. The van der Waals surface area contributed by atoms with Crippen LogP contribution in [0, 0.1) is 5.92 Å². The number of rotatable bonds is 7. The average molecular weight is 431 g/mol. The van der Waals surface area contributed by atoms with E-state index >= 15 is 0 Å². The first-order valence-corrected chi connectivity index (χ1v) is 10.7. The molecule has 1 aromatic heterocycles. The highest BCUT2D eigenvalue weighted by atomic mass is 16.5. The number of aromatic nitrogens is 2. The number of nitrogens with two attached hydrogens (primary N) is 1. The Morgan fingerprint density at radius 3 is 2.84 bits per heavy atom. The Labute approximate surface area is 185 Å². The number of hydrogen-bond acceptors (Lipinski definition) is 7. The van der Waals surface area contributed by atoms with E-state index in [9.17, 15) is 9.90 Å². The van der Waals surface area contributed by atoms with Crippen molar-refractivity contribution in [3.05, 3.63) is 77.3 Å². The molecule has 0 saturated carbocycles. The quantitative estimate of drug-likeness (QED) is 0.437. The molecule has 1 aliphatic carbocycles. The maximum atomic E-state index is 12.3. The third-order valence-electron chi connectivity index (χ3n) is 6.18. The van der Waals surface area contributed by atoms with Gasteiger partial charge in [0.05, 0.1) is 19.2 Å². The molecule has 0 bridgehead atoms. The Morgan fingerprint density at radius 1 is 1.19 bits per heavy atom. The summed E-state index contributed by atoms with van der Waals surface area (Å²) in [5.41, 5.74) is 4.29. The Hall–Kier alpha value is -3.49. The summed E-state index contributed by atoms with van der Waals surface area (Å²) in [6.45, 7) is 0.892. The molecule has 2 aliphatic rings. The van der Waals surface area contributed by atoms with Gasteiger partial charge in [0.2, 0.25) is 11.7 Å². The molecule has 0 spiro atoms. The van der Waals surface area contributed by atoms with Gasteiger partial charge in [0.15, 0.2) is 0 Å². The van der Waals surface area contributed by atoms with Crippen LogP contribution in [-0.2, 0) is 17.8 Å². The van der Waals surface area contributed by atoms with Crippen LogP contribution in [-0.4, -0.2) is 44.2 Å². The van der Waals surface area contributed by atoms with E-state index in [0.29, 0.717) is 31.2 Å². The lowest BCUT2D eigenvalue weighted by Gasteiger charge is -2.24. The summed E-state index contributed by atoms with van der Waals surface area (Å²) in [6, 6.07) is 16.0. The number of aliphatic hydroxyl groups is 1. The second-order valence-electron chi connectivity index (χ2n) is 8.23. The number of carbonyl (C=O) groups excluding carboxylic acids is 1. The summed E-state index contributed by atoms with van der Waals surface area (Å²) in [5, 5.41) is 15.1. The predicted octanol–water partition coefficient (Wildman–Crippen LogP) is 2.52. The molecular weight excluding hydrogens is 406 g/mol. The second-order valence-corrected chi connectivity index (χ2v) is 8.23. The molecule has 2 aromatic carbocycles. The molecule has 1 saturated heterocycles. The number of aliphatic hydroxyl groups excluding tert-OH is 1. The highest BCUT2D eigenvalue weighted by Gasteiger charge is 2.46. The topological polar surface area (TPSA) is 109 Å². The van der Waals surface area contributed by atoms with Crippen molar-refractivity contribution in [1.29, 1.82) is 0 Å². The molecule has 2 heterocycles. The summed E-state index contributed by atoms with van der Waals surface area (Å²) in [7, 11) is 0. The van der Waals surface area contributed by atoms with Crippen molar-refractivity contribution in [3.8, 4) is 11.4 Å². The summed E-state index contributed by atoms with van der Waals surface area (Å²) >= 11 is 0. The Morgan fingerprint density at radius 2 is 2.03 bits per heavy atom. The highest BCUT2D eigenvalue weighted by Crippen LogP contribution is 2.49. The van der Waals surface area contributed by atoms with Crippen molar-refractivity contribution in [3.63, 3.8) is 0 Å². The van der Waals surface area contributed by atoms with Gasteiger partial charge >= 0.3 is 0 Å². The fraction of sp³-hybridized carbons (Fsp3) is 0.292. The summed E-state index contributed by atoms with van der Waals surface area (Å²) in [5.74, 6) is 7.28. The molecule has 1 fully saturated rings. The molecule has 1 aliphatic heterocycles. The number of hydrazine groups is 1. The number of fused-ring (bicyclic) bond motifs is 3. The molecular formula is C24H25N5O3. The van der Waals surface area contributed by atoms with E-state index in [1.54, 1.807) is 22.2 Å². The fourth-order valence-corrected chi connectivity index (χ4v) is 4.84. The summed E-state index contributed by atoms with van der Waals surface area (Å²) in [4.78, 5) is 18.7. The molecule has 8 nitrogen and oxygen atoms in total. The number of nitrogens with zero attached hydrogens (tertiary/aromatic N) is 4. The molecule has 8 heteroatoms. The lowest BCUT2D eigenvalue weighted by atomic mass is 10.0. The van der Waals surface area contributed by atoms with Gasteiger partial charge in [-0.1, -0.05) is 53.7 Å². The average Bonchev–Trinajstić information content (AvgIpc) is 3.48. The summed E-state index contributed by atoms with van der Waals surface area (Å²) < 4.78 is 5.42. The van der Waals surface area contributed by atoms with Crippen molar-refractivity contribution in [2.45, 2.75) is 25.4 Å². The maximum absolute atomic E-state index is 12.3. The monoisotopic (exact) mass is 431 g/mol. The molecule has 0 unspecified atom stereocenters. The normalized spacial score (nSPS) is 19.6. The van der Waals surface area contributed by atoms with Gasteiger partial charge in [0.25, 0.3) is 5.89 Å². The number of benzene rings is 2. The van der Waals surface area contributed by atoms with Gasteiger partial charge < -0.3 is 19.5 Å². The number of β-amino-alcohol motifs (C(OH)–C–C–N with tert-alkyl or cyclic N) is 1. The minimum Gasteiger partial charge on any atom is -0.395 e. The second kappa shape index (κ2) is 8.57. The van der Waals surface area contributed by atoms with Crippen molar-refractivity contribution in [2.24, 2.45) is 11.8 Å². The minimum absolute atomic E-state index is 0.0136. The Bertz CT molecular complexity index is 1140. The lowest BCUT2D eigenvalue weighted by Crippen LogP contribution is -2.30. The minimum atomic E-state index is -0.0348. The van der Waals surface area contributed by atoms with E-state index in [2.05, 4.69) is 16.2 Å². The van der Waals surface area contributed by atoms with Gasteiger partial charge in [-0.2, -0.15) is 4.98 Å². The van der Waals surface area contributed by atoms with Crippen LogP contribution in [0.5, 0.6) is 0 Å². The zero-order chi connectivity index (χ0) is 22.1. The Kier molecular flexibility index (Phi) is 5.46. The van der Waals surface area contributed by atoms with E-state index < -0.39 is 0 Å². The summed E-state index contributed by atoms with van der Waals surface area (Å²) in [6.07, 6.45) is 4.70. The highest BCUT2D eigenvalue weighted by molar-refractivity contribution is 5.81. The zero-order valence-electron chi connectivity index (χ0n) is 17.6. The van der Waals surface area contributed by atoms with Crippen LogP contribution in [0.2, 0.25) is 0 Å². The van der Waals surface area contributed by atoms with Crippen LogP contribution in [0.3, 0.4) is 0 Å². The van der Waals surface area contributed by atoms with E-state index in [1.807, 2.05) is 42.5 Å². The zero-order valence-corrected chi connectivity index (χ0v) is 17.6. The number of likely N-dealkylation sites (tertiary alicyclic amines) is 1.